The topological polar surface area (TPSA) is 74.6 Å². The summed E-state index contributed by atoms with van der Waals surface area (Å²) in [5, 5.41) is 11.0. The van der Waals surface area contributed by atoms with E-state index in [1.165, 1.54) is 17.5 Å². The first-order chi connectivity index (χ1) is 14.7. The lowest BCUT2D eigenvalue weighted by atomic mass is 10.1. The van der Waals surface area contributed by atoms with E-state index in [-0.39, 0.29) is 0 Å². The Morgan fingerprint density at radius 1 is 1.17 bits per heavy atom. The van der Waals surface area contributed by atoms with Crippen LogP contribution in [-0.2, 0) is 17.9 Å². The van der Waals surface area contributed by atoms with Crippen LogP contribution < -0.4 is 10.6 Å². The minimum absolute atomic E-state index is 0.308. The van der Waals surface area contributed by atoms with Gasteiger partial charge in [0.05, 0.1) is 13.1 Å². The van der Waals surface area contributed by atoms with Crippen molar-refractivity contribution >= 4 is 11.9 Å². The van der Waals surface area contributed by atoms with E-state index in [9.17, 15) is 4.79 Å². The Bertz CT molecular complexity index is 802. The fourth-order valence-corrected chi connectivity index (χ4v) is 3.67. The van der Waals surface area contributed by atoms with Gasteiger partial charge in [-0.25, -0.2) is 4.99 Å². The normalized spacial score (nSPS) is 15.2. The molecule has 2 aromatic rings. The number of hydrogen-bond donors (Lipinski definition) is 2. The summed E-state index contributed by atoms with van der Waals surface area (Å²) in [5.74, 6) is 1.13. The standard InChI is InChI=1S/C23H34N6O/c1-2-24-23(25-12-7-15-28-14-5-3-4-11-22(28)30)26-18-20-9-6-10-21(17-20)19-29-16-8-13-27-29/h6,8-10,13,16-17H,2-5,7,11-12,14-15,18-19H2,1H3,(H2,24,25,26). The van der Waals surface area contributed by atoms with Crippen LogP contribution >= 0.6 is 0 Å². The summed E-state index contributed by atoms with van der Waals surface area (Å²) in [6.45, 7) is 6.79. The van der Waals surface area contributed by atoms with Gasteiger partial charge in [0.25, 0.3) is 0 Å². The summed E-state index contributed by atoms with van der Waals surface area (Å²) < 4.78 is 1.92. The molecule has 0 spiro atoms. The van der Waals surface area contributed by atoms with Crippen molar-refractivity contribution < 1.29 is 4.79 Å². The number of guanidine groups is 1. The quantitative estimate of drug-likeness (QED) is 0.379. The van der Waals surface area contributed by atoms with Crippen LogP contribution in [0.5, 0.6) is 0 Å². The van der Waals surface area contributed by atoms with Crippen LogP contribution in [0.2, 0.25) is 0 Å². The molecule has 3 rings (SSSR count). The molecule has 0 radical (unpaired) electrons. The van der Waals surface area contributed by atoms with Crippen LogP contribution in [0.25, 0.3) is 0 Å². The number of nitrogens with zero attached hydrogens (tertiary/aromatic N) is 4. The summed E-state index contributed by atoms with van der Waals surface area (Å²) >= 11 is 0. The maximum atomic E-state index is 12.1. The van der Waals surface area contributed by atoms with Gasteiger partial charge in [-0.1, -0.05) is 30.7 Å². The van der Waals surface area contributed by atoms with Crippen molar-refractivity contribution in [2.24, 2.45) is 4.99 Å². The van der Waals surface area contributed by atoms with E-state index in [0.717, 1.165) is 57.9 Å². The molecule has 7 heteroatoms. The average Bonchev–Trinajstić information content (AvgIpc) is 3.17. The number of rotatable bonds is 9. The molecule has 1 aliphatic heterocycles. The molecule has 1 fully saturated rings. The Morgan fingerprint density at radius 3 is 2.90 bits per heavy atom. The molecule has 0 saturated carbocycles. The SMILES string of the molecule is CCNC(=NCc1cccc(Cn2cccn2)c1)NCCCN1CCCCCC1=O. The molecule has 1 amide bonds. The van der Waals surface area contributed by atoms with Crippen molar-refractivity contribution in [3.63, 3.8) is 0 Å². The van der Waals surface area contributed by atoms with E-state index >= 15 is 0 Å². The second kappa shape index (κ2) is 12.0. The molecule has 2 heterocycles. The molecule has 0 unspecified atom stereocenters. The molecular formula is C23H34N6O. The van der Waals surface area contributed by atoms with E-state index in [0.29, 0.717) is 18.9 Å². The van der Waals surface area contributed by atoms with Gasteiger partial charge in [-0.3, -0.25) is 9.48 Å². The van der Waals surface area contributed by atoms with Gasteiger partial charge in [-0.05, 0) is 43.4 Å². The summed E-state index contributed by atoms with van der Waals surface area (Å²) in [5.41, 5.74) is 2.39. The third kappa shape index (κ3) is 7.21. The van der Waals surface area contributed by atoms with Gasteiger partial charge in [0.2, 0.25) is 5.91 Å². The van der Waals surface area contributed by atoms with Crippen LogP contribution in [-0.4, -0.2) is 52.7 Å². The molecule has 1 aromatic carbocycles. The predicted octanol–water partition coefficient (Wildman–Crippen LogP) is 2.78. The van der Waals surface area contributed by atoms with Gasteiger partial charge in [0.1, 0.15) is 0 Å². The van der Waals surface area contributed by atoms with E-state index in [4.69, 9.17) is 4.99 Å². The summed E-state index contributed by atoms with van der Waals surface area (Å²) in [4.78, 5) is 18.8. The van der Waals surface area contributed by atoms with Crippen LogP contribution in [0.1, 0.15) is 50.2 Å². The molecule has 0 atom stereocenters. The Labute approximate surface area is 179 Å². The van der Waals surface area contributed by atoms with Gasteiger partial charge in [0, 0.05) is 45.0 Å². The van der Waals surface area contributed by atoms with Crippen molar-refractivity contribution in [3.05, 3.63) is 53.9 Å². The minimum atomic E-state index is 0.308. The average molecular weight is 411 g/mol. The van der Waals surface area contributed by atoms with Crippen molar-refractivity contribution in [2.45, 2.75) is 52.1 Å². The highest BCUT2D eigenvalue weighted by molar-refractivity contribution is 5.79. The van der Waals surface area contributed by atoms with Crippen LogP contribution in [0.4, 0.5) is 0 Å². The van der Waals surface area contributed by atoms with E-state index in [2.05, 4.69) is 46.9 Å². The Balaban J connectivity index is 1.47. The van der Waals surface area contributed by atoms with Crippen molar-refractivity contribution in [3.8, 4) is 0 Å². The molecule has 1 aromatic heterocycles. The fraction of sp³-hybridized carbons (Fsp3) is 0.522. The number of benzene rings is 1. The predicted molar refractivity (Wildman–Crippen MR) is 120 cm³/mol. The monoisotopic (exact) mass is 410 g/mol. The number of carbonyl (C=O) groups is 1. The lowest BCUT2D eigenvalue weighted by Gasteiger charge is -2.20. The van der Waals surface area contributed by atoms with E-state index in [1.807, 2.05) is 21.8 Å². The van der Waals surface area contributed by atoms with Gasteiger partial charge in [0.15, 0.2) is 5.96 Å². The lowest BCUT2D eigenvalue weighted by molar-refractivity contribution is -0.130. The number of amides is 1. The zero-order valence-electron chi connectivity index (χ0n) is 18.0. The van der Waals surface area contributed by atoms with Gasteiger partial charge in [-0.2, -0.15) is 5.10 Å². The van der Waals surface area contributed by atoms with Crippen LogP contribution in [0.3, 0.4) is 0 Å². The smallest absolute Gasteiger partial charge is 0.222 e. The number of hydrogen-bond acceptors (Lipinski definition) is 3. The van der Waals surface area contributed by atoms with Crippen molar-refractivity contribution in [2.75, 3.05) is 26.2 Å². The van der Waals surface area contributed by atoms with Gasteiger partial charge in [-0.15, -0.1) is 0 Å². The zero-order valence-corrected chi connectivity index (χ0v) is 18.0. The van der Waals surface area contributed by atoms with E-state index in [1.54, 1.807) is 6.20 Å². The molecular weight excluding hydrogens is 376 g/mol. The Hall–Kier alpha value is -2.83. The number of nitrogens with one attached hydrogen (secondary N) is 2. The number of aliphatic imine (C=N–C) groups is 1. The third-order valence-corrected chi connectivity index (χ3v) is 5.23. The van der Waals surface area contributed by atoms with E-state index < -0.39 is 0 Å². The molecule has 1 aliphatic rings. The number of likely N-dealkylation sites (tertiary alicyclic amines) is 1. The van der Waals surface area contributed by atoms with Crippen molar-refractivity contribution in [1.82, 2.24) is 25.3 Å². The van der Waals surface area contributed by atoms with Crippen molar-refractivity contribution in [1.29, 1.82) is 0 Å². The lowest BCUT2D eigenvalue weighted by Crippen LogP contribution is -2.39. The summed E-state index contributed by atoms with van der Waals surface area (Å²) in [7, 11) is 0. The summed E-state index contributed by atoms with van der Waals surface area (Å²) in [6, 6.07) is 10.4. The first kappa shape index (κ1) is 21.9. The fourth-order valence-electron chi connectivity index (χ4n) is 3.67. The second-order valence-electron chi connectivity index (χ2n) is 7.69. The molecule has 1 saturated heterocycles. The highest BCUT2D eigenvalue weighted by Crippen LogP contribution is 2.11. The first-order valence-electron chi connectivity index (χ1n) is 11.1. The largest absolute Gasteiger partial charge is 0.357 e. The Kier molecular flexibility index (Phi) is 8.75. The third-order valence-electron chi connectivity index (χ3n) is 5.23. The van der Waals surface area contributed by atoms with Gasteiger partial charge < -0.3 is 15.5 Å². The molecule has 0 bridgehead atoms. The van der Waals surface area contributed by atoms with Crippen LogP contribution in [0.15, 0.2) is 47.7 Å². The maximum absolute atomic E-state index is 12.1. The second-order valence-corrected chi connectivity index (χ2v) is 7.69. The Morgan fingerprint density at radius 2 is 2.07 bits per heavy atom. The highest BCUT2D eigenvalue weighted by atomic mass is 16.2. The molecule has 0 aliphatic carbocycles. The molecule has 162 valence electrons. The molecule has 30 heavy (non-hydrogen) atoms. The maximum Gasteiger partial charge on any atom is 0.222 e. The first-order valence-corrected chi connectivity index (χ1v) is 11.1. The number of carbonyl (C=O) groups excluding carboxylic acids is 1. The highest BCUT2D eigenvalue weighted by Gasteiger charge is 2.15. The number of aromatic nitrogens is 2. The summed E-state index contributed by atoms with van der Waals surface area (Å²) in [6.07, 6.45) is 8.73. The van der Waals surface area contributed by atoms with Gasteiger partial charge >= 0.3 is 0 Å². The molecule has 7 nitrogen and oxygen atoms in total. The van der Waals surface area contributed by atoms with Crippen LogP contribution in [0, 0.1) is 0 Å². The molecule has 2 N–H and O–H groups in total. The minimum Gasteiger partial charge on any atom is -0.357 e. The zero-order chi connectivity index (χ0) is 21.0.